The minimum absolute atomic E-state index is 0.225. The van der Waals surface area contributed by atoms with E-state index < -0.39 is 11.0 Å². The van der Waals surface area contributed by atoms with E-state index in [2.05, 4.69) is 202 Å². The molecule has 276 valence electrons. The summed E-state index contributed by atoms with van der Waals surface area (Å²) in [7, 11) is 0. The van der Waals surface area contributed by atoms with E-state index in [9.17, 15) is 0 Å². The molecule has 2 unspecified atom stereocenters. The van der Waals surface area contributed by atoms with Crippen LogP contribution in [-0.2, 0) is 17.4 Å². The molecule has 1 aliphatic heterocycles. The molecule has 0 bridgehead atoms. The zero-order valence-corrected chi connectivity index (χ0v) is 34.1. The van der Waals surface area contributed by atoms with Crippen LogP contribution < -0.4 is 0 Å². The van der Waals surface area contributed by atoms with Crippen molar-refractivity contribution in [1.29, 1.82) is 0 Å². The van der Waals surface area contributed by atoms with Gasteiger partial charge in [0.05, 0.1) is 0 Å². The molecule has 0 spiro atoms. The van der Waals surface area contributed by atoms with Crippen LogP contribution in [0, 0.1) is 0 Å². The molecular formula is C54H39N3Se. The summed E-state index contributed by atoms with van der Waals surface area (Å²) in [6.07, 6.45) is 0.846. The third-order valence-electron chi connectivity index (χ3n) is 12.8. The normalized spacial score (nSPS) is 18.3. The summed E-state index contributed by atoms with van der Waals surface area (Å²) in [5.41, 5.74) is 14.8. The van der Waals surface area contributed by atoms with Crippen molar-refractivity contribution in [3.05, 3.63) is 216 Å². The number of rotatable bonds is 6. The molecule has 0 saturated carbocycles. The first-order chi connectivity index (χ1) is 28.5. The second kappa shape index (κ2) is 13.6. The van der Waals surface area contributed by atoms with E-state index >= 15 is 0 Å². The van der Waals surface area contributed by atoms with Gasteiger partial charge >= 0.3 is 316 Å². The number of benzene rings is 8. The maximum atomic E-state index is 5.34. The van der Waals surface area contributed by atoms with E-state index in [-0.39, 0.29) is 14.5 Å². The fourth-order valence-corrected chi connectivity index (χ4v) is 12.3. The molecule has 0 N–H and O–H groups in total. The van der Waals surface area contributed by atoms with Crippen LogP contribution in [0.3, 0.4) is 0 Å². The molecule has 9 aromatic rings. The van der Waals surface area contributed by atoms with Crippen LogP contribution in [0.25, 0.3) is 63.8 Å². The van der Waals surface area contributed by atoms with Gasteiger partial charge in [-0.05, 0) is 0 Å². The molecule has 4 heteroatoms. The van der Waals surface area contributed by atoms with Crippen LogP contribution in [0.4, 0.5) is 0 Å². The summed E-state index contributed by atoms with van der Waals surface area (Å²) in [6.45, 7) is 4.68. The average molecular weight is 809 g/mol. The fourth-order valence-electron chi connectivity index (χ4n) is 9.89. The average Bonchev–Trinajstić information content (AvgIpc) is 3.87. The third-order valence-corrected chi connectivity index (χ3v) is 15.2. The van der Waals surface area contributed by atoms with Crippen molar-refractivity contribution in [2.24, 2.45) is 15.4 Å². The quantitative estimate of drug-likeness (QED) is 0.150. The van der Waals surface area contributed by atoms with Crippen molar-refractivity contribution < 1.29 is 0 Å². The summed E-state index contributed by atoms with van der Waals surface area (Å²) in [6, 6.07) is 68.7. The van der Waals surface area contributed by atoms with Gasteiger partial charge < -0.3 is 0 Å². The molecule has 3 nitrogen and oxygen atoms in total. The van der Waals surface area contributed by atoms with Crippen LogP contribution in [0.15, 0.2) is 203 Å². The standard InChI is InChI=1S/C54H39N3Se/c1-53(46-30-13-11-24-39(46)35-18-5-3-6-19-35)52(55-57-56-54(53,2)47-31-16-27-41-38-23-10-9-22-37(38)34-45(41)47)51-40(36-20-7-4-8-21-36)26-15-28-43(51)42-29-17-33-49-50(42)44-25-12-14-32-48(44)58-49/h3-33H,34H2,1-2H3. The molecule has 1 aromatic heterocycles. The zero-order chi connectivity index (χ0) is 38.8. The van der Waals surface area contributed by atoms with Crippen molar-refractivity contribution >= 4 is 39.5 Å². The van der Waals surface area contributed by atoms with Gasteiger partial charge in [-0.2, -0.15) is 0 Å². The van der Waals surface area contributed by atoms with Crippen molar-refractivity contribution in [2.45, 2.75) is 31.2 Å². The number of fused-ring (bicyclic) bond motifs is 6. The van der Waals surface area contributed by atoms with Crippen LogP contribution in [-0.4, -0.2) is 20.2 Å². The molecule has 1 aliphatic carbocycles. The molecule has 58 heavy (non-hydrogen) atoms. The Morgan fingerprint density at radius 1 is 0.466 bits per heavy atom. The van der Waals surface area contributed by atoms with Gasteiger partial charge in [-0.25, -0.2) is 0 Å². The van der Waals surface area contributed by atoms with Crippen molar-refractivity contribution in [3.8, 4) is 44.5 Å². The molecule has 0 radical (unpaired) electrons. The Labute approximate surface area is 344 Å². The first-order valence-electron chi connectivity index (χ1n) is 20.0. The van der Waals surface area contributed by atoms with Crippen molar-refractivity contribution in [2.75, 3.05) is 0 Å². The van der Waals surface area contributed by atoms with Crippen LogP contribution in [0.2, 0.25) is 0 Å². The SMILES string of the molecule is CC1(c2cccc3c2Cc2ccccc2-3)N=NN=C(c2c(-c3ccccc3)cccc2-c2cccc3[se]c4ccccc4c23)C1(C)c1ccccc1-c1ccccc1. The maximum absolute atomic E-state index is 5.34. The van der Waals surface area contributed by atoms with E-state index in [1.165, 1.54) is 52.7 Å². The predicted molar refractivity (Wildman–Crippen MR) is 242 cm³/mol. The zero-order valence-electron chi connectivity index (χ0n) is 32.4. The van der Waals surface area contributed by atoms with E-state index in [1.807, 2.05) is 0 Å². The summed E-state index contributed by atoms with van der Waals surface area (Å²) in [5, 5.41) is 18.2. The Kier molecular flexibility index (Phi) is 8.15. The topological polar surface area (TPSA) is 37.1 Å². The van der Waals surface area contributed by atoms with Gasteiger partial charge in [-0.15, -0.1) is 0 Å². The molecule has 2 atom stereocenters. The molecular weight excluding hydrogens is 770 g/mol. The Hall–Kier alpha value is -6.45. The molecule has 2 aliphatic rings. The molecule has 8 aromatic carbocycles. The van der Waals surface area contributed by atoms with E-state index in [1.54, 1.807) is 0 Å². The Balaban J connectivity index is 1.25. The van der Waals surface area contributed by atoms with Crippen molar-refractivity contribution in [3.63, 3.8) is 0 Å². The van der Waals surface area contributed by atoms with E-state index in [4.69, 9.17) is 15.4 Å². The number of hydrogen-bond acceptors (Lipinski definition) is 3. The van der Waals surface area contributed by atoms with E-state index in [0.29, 0.717) is 0 Å². The van der Waals surface area contributed by atoms with Crippen LogP contribution in [0.1, 0.15) is 41.7 Å². The summed E-state index contributed by atoms with van der Waals surface area (Å²) < 4.78 is 2.84. The second-order valence-corrected chi connectivity index (χ2v) is 18.1. The summed E-state index contributed by atoms with van der Waals surface area (Å²) in [4.78, 5) is 0. The summed E-state index contributed by atoms with van der Waals surface area (Å²) >= 11 is 0.225. The Bertz CT molecular complexity index is 3120. The minimum atomic E-state index is -0.863. The number of nitrogens with zero attached hydrogens (tertiary/aromatic N) is 3. The Morgan fingerprint density at radius 2 is 1.03 bits per heavy atom. The molecule has 0 saturated heterocycles. The monoisotopic (exact) mass is 809 g/mol. The van der Waals surface area contributed by atoms with Gasteiger partial charge in [0.15, 0.2) is 0 Å². The summed E-state index contributed by atoms with van der Waals surface area (Å²) in [5.74, 6) is 0. The van der Waals surface area contributed by atoms with Gasteiger partial charge in [0.1, 0.15) is 0 Å². The fraction of sp³-hybridized carbons (Fsp3) is 0.0926. The van der Waals surface area contributed by atoms with Gasteiger partial charge in [0.25, 0.3) is 0 Å². The van der Waals surface area contributed by atoms with Crippen LogP contribution >= 0.6 is 0 Å². The van der Waals surface area contributed by atoms with Gasteiger partial charge in [0.2, 0.25) is 0 Å². The first-order valence-corrected chi connectivity index (χ1v) is 21.7. The first kappa shape index (κ1) is 34.8. The van der Waals surface area contributed by atoms with Crippen molar-refractivity contribution in [1.82, 2.24) is 0 Å². The Morgan fingerprint density at radius 3 is 1.86 bits per heavy atom. The van der Waals surface area contributed by atoms with Crippen LogP contribution in [0.5, 0.6) is 0 Å². The predicted octanol–water partition coefficient (Wildman–Crippen LogP) is 13.7. The molecule has 0 amide bonds. The van der Waals surface area contributed by atoms with Gasteiger partial charge in [0, 0.05) is 0 Å². The number of hydrogen-bond donors (Lipinski definition) is 0. The molecule has 0 fully saturated rings. The third kappa shape index (κ3) is 5.15. The van der Waals surface area contributed by atoms with Gasteiger partial charge in [-0.3, -0.25) is 0 Å². The van der Waals surface area contributed by atoms with E-state index in [0.717, 1.165) is 51.1 Å². The molecule has 11 rings (SSSR count). The van der Waals surface area contributed by atoms with Gasteiger partial charge in [-0.1, -0.05) is 30.3 Å². The second-order valence-electron chi connectivity index (χ2n) is 15.8. The molecule has 2 heterocycles.